The van der Waals surface area contributed by atoms with Gasteiger partial charge in [-0.1, -0.05) is 6.07 Å². The molecular formula is C17H13FN2O3. The molecule has 0 radical (unpaired) electrons. The Hall–Kier alpha value is -3.02. The fourth-order valence-corrected chi connectivity index (χ4v) is 2.71. The maximum absolute atomic E-state index is 13.8. The highest BCUT2D eigenvalue weighted by Crippen LogP contribution is 2.34. The Labute approximate surface area is 131 Å². The molecule has 0 fully saturated rings. The van der Waals surface area contributed by atoms with Crippen molar-refractivity contribution in [2.75, 3.05) is 12.1 Å². The summed E-state index contributed by atoms with van der Waals surface area (Å²) in [5, 5.41) is 3.21. The van der Waals surface area contributed by atoms with Crippen LogP contribution in [0.2, 0.25) is 0 Å². The Balaban J connectivity index is 1.67. The summed E-state index contributed by atoms with van der Waals surface area (Å²) in [4.78, 5) is 12.5. The molecule has 1 aliphatic heterocycles. The summed E-state index contributed by atoms with van der Waals surface area (Å²) in [6, 6.07) is 11.5. The van der Waals surface area contributed by atoms with Gasteiger partial charge >= 0.3 is 0 Å². The molecule has 0 spiro atoms. The van der Waals surface area contributed by atoms with E-state index in [-0.39, 0.29) is 18.5 Å². The zero-order valence-electron chi connectivity index (χ0n) is 12.3. The largest absolute Gasteiger partial charge is 0.454 e. The number of rotatable bonds is 2. The van der Waals surface area contributed by atoms with Gasteiger partial charge in [-0.3, -0.25) is 4.79 Å². The van der Waals surface area contributed by atoms with E-state index in [0.717, 1.165) is 0 Å². The van der Waals surface area contributed by atoms with Gasteiger partial charge in [0.25, 0.3) is 5.91 Å². The lowest BCUT2D eigenvalue weighted by molar-refractivity contribution is 0.102. The third-order valence-corrected chi connectivity index (χ3v) is 3.90. The van der Waals surface area contributed by atoms with Crippen LogP contribution < -0.4 is 14.8 Å². The lowest BCUT2D eigenvalue weighted by atomic mass is 10.2. The van der Waals surface area contributed by atoms with Crippen molar-refractivity contribution in [3.05, 3.63) is 54.0 Å². The average Bonchev–Trinajstić information content (AvgIpc) is 3.13. The lowest BCUT2D eigenvalue weighted by Crippen LogP contribution is -2.15. The molecule has 0 aliphatic carbocycles. The number of nitrogens with one attached hydrogen (secondary N) is 1. The number of aromatic nitrogens is 1. The molecule has 1 aliphatic rings. The molecule has 5 nitrogen and oxygen atoms in total. The second kappa shape index (κ2) is 5.01. The summed E-state index contributed by atoms with van der Waals surface area (Å²) in [6.07, 6.45) is 0. The molecule has 0 atom stereocenters. The van der Waals surface area contributed by atoms with Crippen LogP contribution in [0.4, 0.5) is 10.1 Å². The second-order valence-corrected chi connectivity index (χ2v) is 5.28. The lowest BCUT2D eigenvalue weighted by Gasteiger charge is -2.07. The average molecular weight is 312 g/mol. The van der Waals surface area contributed by atoms with Gasteiger partial charge in [0.2, 0.25) is 6.79 Å². The number of benzene rings is 2. The first kappa shape index (κ1) is 13.6. The van der Waals surface area contributed by atoms with E-state index < -0.39 is 0 Å². The maximum atomic E-state index is 13.8. The number of halogens is 1. The van der Waals surface area contributed by atoms with Gasteiger partial charge in [0.15, 0.2) is 11.5 Å². The number of aryl methyl sites for hydroxylation is 1. The summed E-state index contributed by atoms with van der Waals surface area (Å²) in [5.41, 5.74) is 1.63. The van der Waals surface area contributed by atoms with Crippen molar-refractivity contribution in [1.82, 2.24) is 4.57 Å². The summed E-state index contributed by atoms with van der Waals surface area (Å²) in [7, 11) is 1.73. The highest BCUT2D eigenvalue weighted by Gasteiger charge is 2.17. The number of fused-ring (bicyclic) bond motifs is 2. The minimum atomic E-state index is -0.347. The molecule has 2 aromatic carbocycles. The van der Waals surface area contributed by atoms with E-state index in [1.54, 1.807) is 48.0 Å². The smallest absolute Gasteiger partial charge is 0.272 e. The SMILES string of the molecule is Cn1c(C(=O)Nc2ccc3c(c2)OCO3)cc2c(F)cccc21. The molecule has 2 heterocycles. The molecule has 1 N–H and O–H groups in total. The minimum absolute atomic E-state index is 0.176. The number of nitrogens with zero attached hydrogens (tertiary/aromatic N) is 1. The van der Waals surface area contributed by atoms with Gasteiger partial charge in [-0.05, 0) is 30.3 Å². The molecule has 4 rings (SSSR count). The number of ether oxygens (including phenoxy) is 2. The van der Waals surface area contributed by atoms with Crippen LogP contribution in [0.3, 0.4) is 0 Å². The van der Waals surface area contributed by atoms with Gasteiger partial charge in [-0.2, -0.15) is 0 Å². The first-order chi connectivity index (χ1) is 11.1. The van der Waals surface area contributed by atoms with Gasteiger partial charge in [0.05, 0.1) is 5.52 Å². The number of carbonyl (C=O) groups excluding carboxylic acids is 1. The molecule has 1 aromatic heterocycles. The molecule has 116 valence electrons. The number of carbonyl (C=O) groups is 1. The molecule has 0 saturated carbocycles. The van der Waals surface area contributed by atoms with Crippen LogP contribution in [0.15, 0.2) is 42.5 Å². The van der Waals surface area contributed by atoms with Gasteiger partial charge in [-0.15, -0.1) is 0 Å². The van der Waals surface area contributed by atoms with E-state index in [0.29, 0.717) is 33.8 Å². The standard InChI is InChI=1S/C17H13FN2O3/c1-20-13-4-2-3-12(18)11(13)8-14(20)17(21)19-10-5-6-15-16(7-10)23-9-22-15/h2-8H,9H2,1H3,(H,19,21). The topological polar surface area (TPSA) is 52.5 Å². The van der Waals surface area contributed by atoms with Crippen molar-refractivity contribution in [1.29, 1.82) is 0 Å². The van der Waals surface area contributed by atoms with Crippen LogP contribution in [0.25, 0.3) is 10.9 Å². The molecule has 0 saturated heterocycles. The van der Waals surface area contributed by atoms with Crippen LogP contribution in [0.1, 0.15) is 10.5 Å². The van der Waals surface area contributed by atoms with Crippen LogP contribution in [0.5, 0.6) is 11.5 Å². The fourth-order valence-electron chi connectivity index (χ4n) is 2.71. The summed E-state index contributed by atoms with van der Waals surface area (Å²) < 4.78 is 26.0. The summed E-state index contributed by atoms with van der Waals surface area (Å²) in [5.74, 6) is 0.572. The number of hydrogen-bond donors (Lipinski definition) is 1. The maximum Gasteiger partial charge on any atom is 0.272 e. The van der Waals surface area contributed by atoms with Gasteiger partial charge < -0.3 is 19.4 Å². The number of anilines is 1. The first-order valence-electron chi connectivity index (χ1n) is 7.08. The van der Waals surface area contributed by atoms with Crippen molar-refractivity contribution < 1.29 is 18.7 Å². The van der Waals surface area contributed by atoms with E-state index in [2.05, 4.69) is 5.32 Å². The van der Waals surface area contributed by atoms with Crippen molar-refractivity contribution in [2.45, 2.75) is 0 Å². The normalized spacial score (nSPS) is 12.6. The number of amides is 1. The van der Waals surface area contributed by atoms with Crippen molar-refractivity contribution >= 4 is 22.5 Å². The van der Waals surface area contributed by atoms with Crippen molar-refractivity contribution in [3.8, 4) is 11.5 Å². The van der Waals surface area contributed by atoms with Crippen molar-refractivity contribution in [2.24, 2.45) is 7.05 Å². The highest BCUT2D eigenvalue weighted by molar-refractivity contribution is 6.06. The van der Waals surface area contributed by atoms with E-state index >= 15 is 0 Å². The Morgan fingerprint density at radius 1 is 1.17 bits per heavy atom. The molecule has 6 heteroatoms. The Kier molecular flexibility index (Phi) is 2.97. The zero-order chi connectivity index (χ0) is 16.0. The third kappa shape index (κ3) is 2.19. The third-order valence-electron chi connectivity index (χ3n) is 3.90. The quantitative estimate of drug-likeness (QED) is 0.790. The van der Waals surface area contributed by atoms with Gasteiger partial charge in [0, 0.05) is 24.2 Å². The molecular weight excluding hydrogens is 299 g/mol. The second-order valence-electron chi connectivity index (χ2n) is 5.28. The van der Waals surface area contributed by atoms with Crippen LogP contribution >= 0.6 is 0 Å². The Morgan fingerprint density at radius 3 is 2.83 bits per heavy atom. The van der Waals surface area contributed by atoms with Crippen LogP contribution in [-0.4, -0.2) is 17.3 Å². The highest BCUT2D eigenvalue weighted by atomic mass is 19.1. The summed E-state index contributed by atoms with van der Waals surface area (Å²) in [6.45, 7) is 0.176. The van der Waals surface area contributed by atoms with E-state index in [4.69, 9.17) is 9.47 Å². The van der Waals surface area contributed by atoms with Gasteiger partial charge in [-0.25, -0.2) is 4.39 Å². The molecule has 3 aromatic rings. The van der Waals surface area contributed by atoms with Crippen LogP contribution in [0, 0.1) is 5.82 Å². The van der Waals surface area contributed by atoms with Crippen LogP contribution in [-0.2, 0) is 7.05 Å². The minimum Gasteiger partial charge on any atom is -0.454 e. The fraction of sp³-hybridized carbons (Fsp3) is 0.118. The Bertz CT molecular complexity index is 933. The zero-order valence-corrected chi connectivity index (χ0v) is 12.3. The molecule has 23 heavy (non-hydrogen) atoms. The molecule has 1 amide bonds. The predicted octanol–water partition coefficient (Wildman–Crippen LogP) is 3.30. The number of hydrogen-bond acceptors (Lipinski definition) is 3. The van der Waals surface area contributed by atoms with E-state index in [1.807, 2.05) is 0 Å². The molecule has 0 unspecified atom stereocenters. The van der Waals surface area contributed by atoms with E-state index in [9.17, 15) is 9.18 Å². The first-order valence-corrected chi connectivity index (χ1v) is 7.08. The monoisotopic (exact) mass is 312 g/mol. The predicted molar refractivity (Wildman–Crippen MR) is 83.4 cm³/mol. The summed E-state index contributed by atoms with van der Waals surface area (Å²) >= 11 is 0. The van der Waals surface area contributed by atoms with Crippen molar-refractivity contribution in [3.63, 3.8) is 0 Å². The Morgan fingerprint density at radius 2 is 2.00 bits per heavy atom. The molecule has 0 bridgehead atoms. The van der Waals surface area contributed by atoms with Gasteiger partial charge in [0.1, 0.15) is 11.5 Å². The van der Waals surface area contributed by atoms with E-state index in [1.165, 1.54) is 6.07 Å².